The third-order valence-corrected chi connectivity index (χ3v) is 13.9. The van der Waals surface area contributed by atoms with E-state index in [2.05, 4.69) is 252 Å². The van der Waals surface area contributed by atoms with Crippen LogP contribution in [0.3, 0.4) is 0 Å². The van der Waals surface area contributed by atoms with E-state index in [4.69, 9.17) is 15.0 Å². The molecule has 0 saturated carbocycles. The SMILES string of the molecule is c1ccc(-c2cc(-c3ccc(-n4c5ccccc5c5ccccc54)cc3)nc(-c3ccc(-c4cccc5c4nc(-c4ccccc4)c4c5ccc5c4c4ccccc4n5-c4ccccc4)cc3)n2)cc1. The Balaban J connectivity index is 0.895. The summed E-state index contributed by atoms with van der Waals surface area (Å²) >= 11 is 0. The summed E-state index contributed by atoms with van der Waals surface area (Å²) in [6, 6.07) is 88.3. The fourth-order valence-corrected chi connectivity index (χ4v) is 10.7. The molecule has 0 unspecified atom stereocenters. The van der Waals surface area contributed by atoms with Crippen molar-refractivity contribution in [3.8, 4) is 67.7 Å². The summed E-state index contributed by atoms with van der Waals surface area (Å²) in [5, 5.41) is 8.34. The summed E-state index contributed by atoms with van der Waals surface area (Å²) in [6.07, 6.45) is 0. The molecular weight excluding hydrogens is 851 g/mol. The molecule has 5 heteroatoms. The monoisotopic (exact) mass is 891 g/mol. The summed E-state index contributed by atoms with van der Waals surface area (Å²) < 4.78 is 4.73. The lowest BCUT2D eigenvalue weighted by molar-refractivity contribution is 1.17. The van der Waals surface area contributed by atoms with Gasteiger partial charge >= 0.3 is 0 Å². The predicted molar refractivity (Wildman–Crippen MR) is 291 cm³/mol. The Morgan fingerprint density at radius 2 is 0.757 bits per heavy atom. The Kier molecular flexibility index (Phi) is 9.14. The molecule has 0 N–H and O–H groups in total. The Morgan fingerprint density at radius 3 is 1.41 bits per heavy atom. The summed E-state index contributed by atoms with van der Waals surface area (Å²) in [5.74, 6) is 0.668. The van der Waals surface area contributed by atoms with Crippen molar-refractivity contribution in [2.75, 3.05) is 0 Å². The Bertz CT molecular complexity index is 4250. The molecule has 0 amide bonds. The summed E-state index contributed by atoms with van der Waals surface area (Å²) in [4.78, 5) is 16.1. The first-order valence-electron chi connectivity index (χ1n) is 23.8. The molecule has 0 atom stereocenters. The third-order valence-electron chi connectivity index (χ3n) is 13.9. The first-order valence-corrected chi connectivity index (χ1v) is 23.8. The van der Waals surface area contributed by atoms with Crippen LogP contribution in [0.2, 0.25) is 0 Å². The fourth-order valence-electron chi connectivity index (χ4n) is 10.7. The van der Waals surface area contributed by atoms with Crippen molar-refractivity contribution in [3.05, 3.63) is 249 Å². The van der Waals surface area contributed by atoms with Gasteiger partial charge in [-0.25, -0.2) is 15.0 Å². The Labute approximate surface area is 403 Å². The van der Waals surface area contributed by atoms with Crippen LogP contribution in [0.5, 0.6) is 0 Å². The molecule has 0 aliphatic carbocycles. The van der Waals surface area contributed by atoms with Crippen LogP contribution in [0, 0.1) is 0 Å². The molecule has 4 aromatic heterocycles. The molecule has 0 saturated heterocycles. The van der Waals surface area contributed by atoms with Gasteiger partial charge in [-0.3, -0.25) is 0 Å². The first-order chi connectivity index (χ1) is 34.7. The van der Waals surface area contributed by atoms with Crippen LogP contribution in [-0.2, 0) is 0 Å². The molecule has 0 radical (unpaired) electrons. The second-order valence-corrected chi connectivity index (χ2v) is 17.9. The van der Waals surface area contributed by atoms with Crippen LogP contribution in [0.4, 0.5) is 0 Å². The number of hydrogen-bond donors (Lipinski definition) is 0. The minimum atomic E-state index is 0.668. The Hall–Kier alpha value is -9.45. The van der Waals surface area contributed by atoms with E-state index < -0.39 is 0 Å². The maximum absolute atomic E-state index is 5.68. The number of rotatable bonds is 7. The number of aromatic nitrogens is 5. The maximum atomic E-state index is 5.68. The second kappa shape index (κ2) is 16.1. The van der Waals surface area contributed by atoms with Crippen LogP contribution in [-0.4, -0.2) is 24.1 Å². The number of para-hydroxylation sites is 5. The van der Waals surface area contributed by atoms with Crippen LogP contribution >= 0.6 is 0 Å². The van der Waals surface area contributed by atoms with E-state index in [1.54, 1.807) is 0 Å². The van der Waals surface area contributed by atoms with E-state index in [-0.39, 0.29) is 0 Å². The van der Waals surface area contributed by atoms with Crippen molar-refractivity contribution in [1.29, 1.82) is 0 Å². The summed E-state index contributed by atoms with van der Waals surface area (Å²) in [5.41, 5.74) is 16.8. The second-order valence-electron chi connectivity index (χ2n) is 17.9. The van der Waals surface area contributed by atoms with Gasteiger partial charge in [-0.2, -0.15) is 0 Å². The first kappa shape index (κ1) is 39.7. The molecule has 70 heavy (non-hydrogen) atoms. The zero-order valence-corrected chi connectivity index (χ0v) is 37.9. The van der Waals surface area contributed by atoms with Crippen molar-refractivity contribution in [1.82, 2.24) is 24.1 Å². The van der Waals surface area contributed by atoms with Gasteiger partial charge in [-0.1, -0.05) is 194 Å². The molecule has 0 fully saturated rings. The van der Waals surface area contributed by atoms with Gasteiger partial charge in [-0.05, 0) is 65.5 Å². The highest BCUT2D eigenvalue weighted by molar-refractivity contribution is 6.29. The van der Waals surface area contributed by atoms with Gasteiger partial charge < -0.3 is 9.13 Å². The van der Waals surface area contributed by atoms with E-state index in [1.165, 1.54) is 43.5 Å². The lowest BCUT2D eigenvalue weighted by Crippen LogP contribution is -1.97. The minimum absolute atomic E-state index is 0.668. The van der Waals surface area contributed by atoms with Crippen molar-refractivity contribution < 1.29 is 0 Å². The average molecular weight is 892 g/mol. The van der Waals surface area contributed by atoms with Crippen LogP contribution < -0.4 is 0 Å². The zero-order valence-electron chi connectivity index (χ0n) is 37.9. The number of fused-ring (bicyclic) bond motifs is 10. The smallest absolute Gasteiger partial charge is 0.160 e. The number of nitrogens with zero attached hydrogens (tertiary/aromatic N) is 5. The van der Waals surface area contributed by atoms with Crippen molar-refractivity contribution in [3.63, 3.8) is 0 Å². The molecule has 326 valence electrons. The molecule has 0 spiro atoms. The Morgan fingerprint density at radius 1 is 0.271 bits per heavy atom. The number of benzene rings is 10. The van der Waals surface area contributed by atoms with Gasteiger partial charge in [0.2, 0.25) is 0 Å². The third kappa shape index (κ3) is 6.36. The normalized spacial score (nSPS) is 11.7. The van der Waals surface area contributed by atoms with E-state index in [0.717, 1.165) is 83.6 Å². The van der Waals surface area contributed by atoms with Gasteiger partial charge in [0.15, 0.2) is 5.82 Å². The van der Waals surface area contributed by atoms with Gasteiger partial charge in [0, 0.05) is 71.5 Å². The number of pyridine rings is 1. The minimum Gasteiger partial charge on any atom is -0.309 e. The van der Waals surface area contributed by atoms with Crippen LogP contribution in [0.1, 0.15) is 0 Å². The standard InChI is InChI=1S/C65H41N5/c1-4-17-43(18-5-1)55-41-56(44-35-37-48(38-36-44)69-57-28-13-10-23-50(57)51-24-11-14-29-58(51)69)67-65(66-55)46-33-31-42(32-34-46)49-26-16-27-53-52-39-40-60-61(62(52)63(68-64(49)53)45-19-6-2-7-20-45)54-25-12-15-30-59(54)70(60)47-21-8-3-9-22-47/h1-41H. The lowest BCUT2D eigenvalue weighted by Gasteiger charge is -2.15. The molecule has 14 rings (SSSR count). The van der Waals surface area contributed by atoms with Gasteiger partial charge in [0.1, 0.15) is 0 Å². The fraction of sp³-hybridized carbons (Fsp3) is 0. The topological polar surface area (TPSA) is 48.5 Å². The predicted octanol–water partition coefficient (Wildman–Crippen LogP) is 16.7. The van der Waals surface area contributed by atoms with E-state index in [9.17, 15) is 0 Å². The summed E-state index contributed by atoms with van der Waals surface area (Å²) in [6.45, 7) is 0. The highest BCUT2D eigenvalue weighted by Crippen LogP contribution is 2.44. The van der Waals surface area contributed by atoms with Crippen molar-refractivity contribution in [2.24, 2.45) is 0 Å². The van der Waals surface area contributed by atoms with Gasteiger partial charge in [0.25, 0.3) is 0 Å². The molecule has 0 bridgehead atoms. The van der Waals surface area contributed by atoms with E-state index in [1.807, 2.05) is 6.07 Å². The summed E-state index contributed by atoms with van der Waals surface area (Å²) in [7, 11) is 0. The molecule has 0 aliphatic rings. The molecule has 10 aromatic carbocycles. The van der Waals surface area contributed by atoms with E-state index in [0.29, 0.717) is 5.82 Å². The van der Waals surface area contributed by atoms with Gasteiger partial charge in [-0.15, -0.1) is 0 Å². The van der Waals surface area contributed by atoms with E-state index >= 15 is 0 Å². The van der Waals surface area contributed by atoms with Crippen molar-refractivity contribution >= 4 is 65.3 Å². The molecule has 5 nitrogen and oxygen atoms in total. The molecule has 14 aromatic rings. The quantitative estimate of drug-likeness (QED) is 0.150. The van der Waals surface area contributed by atoms with Gasteiger partial charge in [0.05, 0.1) is 44.7 Å². The molecule has 4 heterocycles. The van der Waals surface area contributed by atoms with Crippen LogP contribution in [0.15, 0.2) is 249 Å². The van der Waals surface area contributed by atoms with Crippen LogP contribution in [0.25, 0.3) is 133 Å². The highest BCUT2D eigenvalue weighted by Gasteiger charge is 2.22. The average Bonchev–Trinajstić information content (AvgIpc) is 3.96. The zero-order chi connectivity index (χ0) is 46.1. The lowest BCUT2D eigenvalue weighted by atomic mass is 9.93. The van der Waals surface area contributed by atoms with Crippen molar-refractivity contribution in [2.45, 2.75) is 0 Å². The molecular formula is C65H41N5. The number of hydrogen-bond acceptors (Lipinski definition) is 3. The largest absolute Gasteiger partial charge is 0.309 e. The highest BCUT2D eigenvalue weighted by atomic mass is 15.0. The maximum Gasteiger partial charge on any atom is 0.160 e. The molecule has 0 aliphatic heterocycles.